The number of carbonyl (C=O) groups is 1. The molecule has 0 unspecified atom stereocenters. The van der Waals surface area contributed by atoms with Crippen LogP contribution in [0.15, 0.2) is 0 Å². The van der Waals surface area contributed by atoms with Crippen molar-refractivity contribution in [2.24, 2.45) is 5.92 Å². The minimum Gasteiger partial charge on any atom is -0.459 e. The summed E-state index contributed by atoms with van der Waals surface area (Å²) >= 11 is 5.70. The fraction of sp³-hybridized carbons (Fsp3) is 0.944. The highest BCUT2D eigenvalue weighted by molar-refractivity contribution is 6.14. The maximum Gasteiger partial charge on any atom is 0.324 e. The van der Waals surface area contributed by atoms with Gasteiger partial charge in [0.05, 0.1) is 12.2 Å². The van der Waals surface area contributed by atoms with Gasteiger partial charge in [-0.15, -0.1) is 0 Å². The Labute approximate surface area is 150 Å². The van der Waals surface area contributed by atoms with Crippen molar-refractivity contribution in [3.63, 3.8) is 0 Å². The highest BCUT2D eigenvalue weighted by Gasteiger charge is 2.36. The second-order valence-corrected chi connectivity index (χ2v) is 7.73. The number of carbonyl (C=O) groups excluding carboxylic acids is 1. The van der Waals surface area contributed by atoms with Gasteiger partial charge in [-0.05, 0) is 56.7 Å². The van der Waals surface area contributed by atoms with Gasteiger partial charge in [0.25, 0.3) is 0 Å². The van der Waals surface area contributed by atoms with Crippen LogP contribution in [0, 0.1) is 5.92 Å². The predicted molar refractivity (Wildman–Crippen MR) is 93.9 cm³/mol. The third kappa shape index (κ3) is 5.87. The van der Waals surface area contributed by atoms with Crippen LogP contribution in [0.3, 0.4) is 0 Å². The number of cyclic esters (lactones) is 1. The van der Waals surface area contributed by atoms with Gasteiger partial charge in [-0.25, -0.2) is 4.84 Å². The molecule has 0 aromatic rings. The molecule has 0 spiro atoms. The summed E-state index contributed by atoms with van der Waals surface area (Å²) in [5.74, 6) is 0.113. The van der Waals surface area contributed by atoms with Gasteiger partial charge in [0.2, 0.25) is 0 Å². The fourth-order valence-electron chi connectivity index (χ4n) is 3.50. The van der Waals surface area contributed by atoms with E-state index in [1.165, 1.54) is 12.8 Å². The molecular formula is C18H32ClNO4. The van der Waals surface area contributed by atoms with E-state index in [-0.39, 0.29) is 24.3 Å². The lowest BCUT2D eigenvalue weighted by Gasteiger charge is -2.33. The van der Waals surface area contributed by atoms with E-state index in [1.54, 1.807) is 0 Å². The summed E-state index contributed by atoms with van der Waals surface area (Å²) in [4.78, 5) is 14.8. The van der Waals surface area contributed by atoms with Crippen LogP contribution in [0.5, 0.6) is 0 Å². The Kier molecular flexibility index (Phi) is 8.28. The van der Waals surface area contributed by atoms with E-state index in [0.29, 0.717) is 25.0 Å². The van der Waals surface area contributed by atoms with E-state index < -0.39 is 6.04 Å². The Morgan fingerprint density at radius 1 is 1.21 bits per heavy atom. The van der Waals surface area contributed by atoms with Crippen LogP contribution in [0.4, 0.5) is 0 Å². The Morgan fingerprint density at radius 2 is 1.92 bits per heavy atom. The van der Waals surface area contributed by atoms with Gasteiger partial charge in [0.1, 0.15) is 18.2 Å². The van der Waals surface area contributed by atoms with Crippen LogP contribution in [0.2, 0.25) is 0 Å². The quantitative estimate of drug-likeness (QED) is 0.578. The maximum atomic E-state index is 12.2. The molecule has 1 aliphatic heterocycles. The van der Waals surface area contributed by atoms with Crippen LogP contribution >= 0.6 is 11.8 Å². The third-order valence-electron chi connectivity index (χ3n) is 4.82. The minimum absolute atomic E-state index is 0.0382. The molecule has 0 bridgehead atoms. The molecule has 4 atom stereocenters. The van der Waals surface area contributed by atoms with Gasteiger partial charge in [-0.3, -0.25) is 4.79 Å². The van der Waals surface area contributed by atoms with E-state index in [4.69, 9.17) is 26.0 Å². The molecule has 0 aromatic heterocycles. The third-order valence-corrected chi connectivity index (χ3v) is 5.08. The minimum atomic E-state index is -0.468. The summed E-state index contributed by atoms with van der Waals surface area (Å²) in [6.07, 6.45) is 6.75. The first-order valence-corrected chi connectivity index (χ1v) is 9.72. The van der Waals surface area contributed by atoms with Crippen molar-refractivity contribution in [1.29, 1.82) is 0 Å². The number of nitrogens with one attached hydrogen (secondary N) is 1. The molecule has 2 rings (SSSR count). The highest BCUT2D eigenvalue weighted by Crippen LogP contribution is 2.28. The van der Waals surface area contributed by atoms with Crippen molar-refractivity contribution >= 4 is 17.7 Å². The van der Waals surface area contributed by atoms with Gasteiger partial charge < -0.3 is 14.2 Å². The zero-order chi connectivity index (χ0) is 17.5. The fourth-order valence-corrected chi connectivity index (χ4v) is 3.70. The van der Waals surface area contributed by atoms with Gasteiger partial charge in [0, 0.05) is 6.61 Å². The first-order valence-electron chi connectivity index (χ1n) is 9.35. The summed E-state index contributed by atoms with van der Waals surface area (Å²) in [7, 11) is 0. The van der Waals surface area contributed by atoms with Gasteiger partial charge >= 0.3 is 5.97 Å². The van der Waals surface area contributed by atoms with Crippen molar-refractivity contribution in [3.05, 3.63) is 0 Å². The van der Waals surface area contributed by atoms with Crippen molar-refractivity contribution < 1.29 is 19.0 Å². The summed E-state index contributed by atoms with van der Waals surface area (Å²) in [5.41, 5.74) is 0. The number of esters is 1. The molecule has 0 amide bonds. The number of ether oxygens (including phenoxy) is 3. The molecule has 0 aromatic carbocycles. The molecule has 140 valence electrons. The SMILES string of the molecule is CC(C)CO[C@H]1[C@H](C)OC(=O)[C@@H](NCl)CCC[C@@H]1OC1CCCC1. The molecule has 1 saturated heterocycles. The molecule has 0 radical (unpaired) electrons. The van der Waals surface area contributed by atoms with E-state index in [1.807, 2.05) is 6.92 Å². The van der Waals surface area contributed by atoms with Crippen LogP contribution in [-0.4, -0.2) is 43.0 Å². The Balaban J connectivity index is 2.09. The Hall–Kier alpha value is -0.360. The zero-order valence-corrected chi connectivity index (χ0v) is 15.9. The lowest BCUT2D eigenvalue weighted by atomic mass is 10.0. The predicted octanol–water partition coefficient (Wildman–Crippen LogP) is 3.58. The molecule has 5 nitrogen and oxygen atoms in total. The van der Waals surface area contributed by atoms with E-state index >= 15 is 0 Å². The molecule has 2 aliphatic rings. The molecule has 1 heterocycles. The summed E-state index contributed by atoms with van der Waals surface area (Å²) in [6, 6.07) is -0.468. The van der Waals surface area contributed by atoms with Crippen LogP contribution in [0.1, 0.15) is 65.7 Å². The highest BCUT2D eigenvalue weighted by atomic mass is 35.5. The standard InChI is InChI=1S/C18H32ClNO4/c1-12(2)11-22-17-13(3)23-18(21)15(20-19)9-6-10-16(17)24-14-7-4-5-8-14/h12-17,20H,4-11H2,1-3H3/t13-,15-,16-,17-/m0/s1. The lowest BCUT2D eigenvalue weighted by Crippen LogP contribution is -2.44. The van der Waals surface area contributed by atoms with Gasteiger partial charge in [-0.1, -0.05) is 26.7 Å². The molecular weight excluding hydrogens is 330 g/mol. The largest absolute Gasteiger partial charge is 0.459 e. The first kappa shape index (κ1) is 20.0. The molecule has 1 aliphatic carbocycles. The average molecular weight is 362 g/mol. The van der Waals surface area contributed by atoms with Crippen LogP contribution < -0.4 is 4.84 Å². The van der Waals surface area contributed by atoms with E-state index in [0.717, 1.165) is 25.7 Å². The molecule has 1 saturated carbocycles. The Morgan fingerprint density at radius 3 is 2.54 bits per heavy atom. The van der Waals surface area contributed by atoms with Crippen molar-refractivity contribution in [2.75, 3.05) is 6.61 Å². The second-order valence-electron chi connectivity index (χ2n) is 7.51. The van der Waals surface area contributed by atoms with Gasteiger partial charge in [-0.2, -0.15) is 0 Å². The summed E-state index contributed by atoms with van der Waals surface area (Å²) in [5, 5.41) is 0. The van der Waals surface area contributed by atoms with E-state index in [9.17, 15) is 4.79 Å². The Bertz CT molecular complexity index is 387. The molecule has 6 heteroatoms. The molecule has 2 fully saturated rings. The lowest BCUT2D eigenvalue weighted by molar-refractivity contribution is -0.173. The zero-order valence-electron chi connectivity index (χ0n) is 15.1. The smallest absolute Gasteiger partial charge is 0.324 e. The first-order chi connectivity index (χ1) is 11.5. The number of hydrogen-bond acceptors (Lipinski definition) is 5. The second kappa shape index (κ2) is 9.95. The van der Waals surface area contributed by atoms with Crippen molar-refractivity contribution in [2.45, 2.75) is 96.2 Å². The topological polar surface area (TPSA) is 56.8 Å². The van der Waals surface area contributed by atoms with Crippen LogP contribution in [-0.2, 0) is 19.0 Å². The summed E-state index contributed by atoms with van der Waals surface area (Å²) in [6.45, 7) is 6.76. The summed E-state index contributed by atoms with van der Waals surface area (Å²) < 4.78 is 18.1. The van der Waals surface area contributed by atoms with E-state index in [2.05, 4.69) is 18.7 Å². The maximum absolute atomic E-state index is 12.2. The number of hydrogen-bond donors (Lipinski definition) is 1. The normalized spacial score (nSPS) is 33.1. The average Bonchev–Trinajstić information content (AvgIpc) is 3.04. The monoisotopic (exact) mass is 361 g/mol. The van der Waals surface area contributed by atoms with Crippen molar-refractivity contribution in [1.82, 2.24) is 4.84 Å². The van der Waals surface area contributed by atoms with Crippen LogP contribution in [0.25, 0.3) is 0 Å². The van der Waals surface area contributed by atoms with Crippen molar-refractivity contribution in [3.8, 4) is 0 Å². The van der Waals surface area contributed by atoms with Gasteiger partial charge in [0.15, 0.2) is 0 Å². The number of halogens is 1. The molecule has 24 heavy (non-hydrogen) atoms. The molecule has 1 N–H and O–H groups in total. The number of rotatable bonds is 6.